The molecule has 0 aliphatic carbocycles. The summed E-state index contributed by atoms with van der Waals surface area (Å²) in [5, 5.41) is 3.86. The Bertz CT molecular complexity index is 969. The molecule has 0 atom stereocenters. The van der Waals surface area contributed by atoms with E-state index >= 15 is 0 Å². The molecule has 0 spiro atoms. The van der Waals surface area contributed by atoms with E-state index in [4.69, 9.17) is 0 Å². The van der Waals surface area contributed by atoms with E-state index in [0.29, 0.717) is 0 Å². The Hall–Kier alpha value is -2.00. The molecular weight excluding hydrogens is 252 g/mol. The van der Waals surface area contributed by atoms with E-state index in [1.54, 1.807) is 0 Å². The minimum Gasteiger partial charge on any atom is -0.294 e. The van der Waals surface area contributed by atoms with Gasteiger partial charge in [-0.2, -0.15) is 0 Å². The van der Waals surface area contributed by atoms with Crippen LogP contribution in [0.3, 0.4) is 0 Å². The Morgan fingerprint density at radius 3 is 2.74 bits per heavy atom. The van der Waals surface area contributed by atoms with Crippen molar-refractivity contribution in [3.05, 3.63) is 54.4 Å². The van der Waals surface area contributed by atoms with Crippen molar-refractivity contribution in [2.75, 3.05) is 0 Å². The number of hydrogen-bond acceptors (Lipinski definition) is 2. The third-order valence-electron chi connectivity index (χ3n) is 3.89. The fourth-order valence-corrected chi connectivity index (χ4v) is 4.10. The molecule has 3 heterocycles. The molecule has 0 radical (unpaired) electrons. The Morgan fingerprint density at radius 2 is 1.79 bits per heavy atom. The van der Waals surface area contributed by atoms with Crippen molar-refractivity contribution in [3.8, 4) is 0 Å². The van der Waals surface area contributed by atoms with Gasteiger partial charge in [-0.25, -0.2) is 4.98 Å². The summed E-state index contributed by atoms with van der Waals surface area (Å²) >= 11 is 1.91. The monoisotopic (exact) mass is 262 g/mol. The number of fused-ring (bicyclic) bond motifs is 3. The molecule has 1 aliphatic heterocycles. The van der Waals surface area contributed by atoms with Crippen molar-refractivity contribution < 1.29 is 0 Å². The molecule has 0 amide bonds. The number of benzene rings is 2. The zero-order valence-electron chi connectivity index (χ0n) is 10.1. The van der Waals surface area contributed by atoms with Crippen molar-refractivity contribution >= 4 is 39.1 Å². The van der Waals surface area contributed by atoms with Gasteiger partial charge >= 0.3 is 0 Å². The van der Waals surface area contributed by atoms with Crippen LogP contribution in [-0.4, -0.2) is 9.38 Å². The average molecular weight is 262 g/mol. The van der Waals surface area contributed by atoms with Crippen LogP contribution in [0.4, 0.5) is 0 Å². The largest absolute Gasteiger partial charge is 0.294 e. The van der Waals surface area contributed by atoms with E-state index in [9.17, 15) is 0 Å². The highest BCUT2D eigenvalue weighted by molar-refractivity contribution is 7.98. The second kappa shape index (κ2) is 3.31. The molecule has 0 saturated heterocycles. The van der Waals surface area contributed by atoms with Gasteiger partial charge in [-0.15, -0.1) is 11.8 Å². The van der Waals surface area contributed by atoms with Crippen LogP contribution >= 0.6 is 11.8 Å². The number of thioether (sulfide) groups is 1. The van der Waals surface area contributed by atoms with Gasteiger partial charge in [-0.05, 0) is 11.5 Å². The minimum atomic E-state index is 1.01. The van der Waals surface area contributed by atoms with Crippen molar-refractivity contribution in [2.45, 2.75) is 10.6 Å². The zero-order chi connectivity index (χ0) is 12.4. The van der Waals surface area contributed by atoms with E-state index in [2.05, 4.69) is 51.8 Å². The lowest BCUT2D eigenvalue weighted by Gasteiger charge is -2.17. The molecule has 2 aromatic heterocycles. The first kappa shape index (κ1) is 9.87. The summed E-state index contributed by atoms with van der Waals surface area (Å²) in [5.41, 5.74) is 3.71. The van der Waals surface area contributed by atoms with Crippen molar-refractivity contribution in [3.63, 3.8) is 0 Å². The maximum absolute atomic E-state index is 4.65. The summed E-state index contributed by atoms with van der Waals surface area (Å²) in [5.74, 6) is 1.01. The Balaban J connectivity index is 2.27. The number of para-hydroxylation sites is 1. The van der Waals surface area contributed by atoms with Gasteiger partial charge in [0.1, 0.15) is 5.65 Å². The summed E-state index contributed by atoms with van der Waals surface area (Å²) in [6, 6.07) is 15.1. The summed E-state index contributed by atoms with van der Waals surface area (Å²) in [7, 11) is 0. The van der Waals surface area contributed by atoms with Gasteiger partial charge in [0.05, 0.1) is 17.4 Å². The molecule has 3 heteroatoms. The summed E-state index contributed by atoms with van der Waals surface area (Å²) in [4.78, 5) is 6.01. The topological polar surface area (TPSA) is 17.3 Å². The highest BCUT2D eigenvalue weighted by Crippen LogP contribution is 2.39. The zero-order valence-corrected chi connectivity index (χ0v) is 10.9. The lowest BCUT2D eigenvalue weighted by Crippen LogP contribution is -2.00. The van der Waals surface area contributed by atoms with Gasteiger partial charge in [0.15, 0.2) is 0 Å². The molecule has 4 aromatic rings. The predicted molar refractivity (Wildman–Crippen MR) is 79.8 cm³/mol. The molecule has 0 unspecified atom stereocenters. The molecule has 0 bridgehead atoms. The second-order valence-corrected chi connectivity index (χ2v) is 5.91. The van der Waals surface area contributed by atoms with Crippen LogP contribution < -0.4 is 0 Å². The van der Waals surface area contributed by atoms with Crippen LogP contribution in [0.1, 0.15) is 5.69 Å². The molecule has 0 N–H and O–H groups in total. The summed E-state index contributed by atoms with van der Waals surface area (Å²) < 4.78 is 2.34. The quantitative estimate of drug-likeness (QED) is 0.441. The lowest BCUT2D eigenvalue weighted by atomic mass is 10.1. The van der Waals surface area contributed by atoms with Gasteiger partial charge in [0.2, 0.25) is 0 Å². The van der Waals surface area contributed by atoms with E-state index in [-0.39, 0.29) is 0 Å². The van der Waals surface area contributed by atoms with Crippen molar-refractivity contribution in [2.24, 2.45) is 0 Å². The lowest BCUT2D eigenvalue weighted by molar-refractivity contribution is 1.11. The number of aromatic nitrogens is 2. The first-order valence-electron chi connectivity index (χ1n) is 6.36. The number of hydrogen-bond donors (Lipinski definition) is 0. The standard InChI is InChI=1S/C16H10N2S/c1-2-5-13-11(4-1)12-6-3-7-14-15(12)18-10(9-19-14)8-17-16(13)18/h1-8H,9H2. The van der Waals surface area contributed by atoms with Gasteiger partial charge in [0.25, 0.3) is 0 Å². The highest BCUT2D eigenvalue weighted by atomic mass is 32.2. The molecule has 19 heavy (non-hydrogen) atoms. The molecule has 0 saturated carbocycles. The second-order valence-electron chi connectivity index (χ2n) is 4.90. The van der Waals surface area contributed by atoms with E-state index in [1.807, 2.05) is 18.0 Å². The van der Waals surface area contributed by atoms with Crippen LogP contribution in [0.15, 0.2) is 53.6 Å². The van der Waals surface area contributed by atoms with Gasteiger partial charge < -0.3 is 0 Å². The average Bonchev–Trinajstić information content (AvgIpc) is 2.91. The van der Waals surface area contributed by atoms with E-state index < -0.39 is 0 Å². The van der Waals surface area contributed by atoms with Gasteiger partial charge in [-0.3, -0.25) is 4.40 Å². The third-order valence-corrected chi connectivity index (χ3v) is 4.97. The number of pyridine rings is 1. The molecule has 2 nitrogen and oxygen atoms in total. The Kier molecular flexibility index (Phi) is 1.72. The normalized spacial score (nSPS) is 13.9. The number of nitrogens with zero attached hydrogens (tertiary/aromatic N) is 2. The summed E-state index contributed by atoms with van der Waals surface area (Å²) in [6.45, 7) is 0. The molecule has 2 aromatic carbocycles. The highest BCUT2D eigenvalue weighted by Gasteiger charge is 2.19. The molecule has 5 rings (SSSR count). The van der Waals surface area contributed by atoms with Crippen LogP contribution in [0, 0.1) is 0 Å². The Morgan fingerprint density at radius 1 is 0.947 bits per heavy atom. The number of imidazole rings is 1. The van der Waals surface area contributed by atoms with E-state index in [1.165, 1.54) is 32.3 Å². The van der Waals surface area contributed by atoms with Crippen LogP contribution in [0.2, 0.25) is 0 Å². The Labute approximate surface area is 114 Å². The minimum absolute atomic E-state index is 1.01. The van der Waals surface area contributed by atoms with Crippen LogP contribution in [0.5, 0.6) is 0 Å². The maximum atomic E-state index is 4.65. The van der Waals surface area contributed by atoms with Gasteiger partial charge in [-0.1, -0.05) is 36.4 Å². The molecule has 1 aliphatic rings. The van der Waals surface area contributed by atoms with Crippen molar-refractivity contribution in [1.29, 1.82) is 0 Å². The molecular formula is C16H10N2S. The predicted octanol–water partition coefficient (Wildman–Crippen LogP) is 4.25. The number of rotatable bonds is 0. The molecule has 90 valence electrons. The maximum Gasteiger partial charge on any atom is 0.145 e. The van der Waals surface area contributed by atoms with Crippen LogP contribution in [-0.2, 0) is 5.75 Å². The first-order chi connectivity index (χ1) is 9.43. The fourth-order valence-electron chi connectivity index (χ4n) is 3.08. The smallest absolute Gasteiger partial charge is 0.145 e. The third kappa shape index (κ3) is 1.12. The first-order valence-corrected chi connectivity index (χ1v) is 7.34. The SMILES string of the molecule is c1ccc2c(c1)c1cccc3c1n1c(cnc21)CS3. The van der Waals surface area contributed by atoms with Gasteiger partial charge in [0, 0.05) is 21.4 Å². The fraction of sp³-hybridized carbons (Fsp3) is 0.0625. The van der Waals surface area contributed by atoms with Crippen molar-refractivity contribution in [1.82, 2.24) is 9.38 Å². The molecule has 0 fully saturated rings. The van der Waals surface area contributed by atoms with Crippen LogP contribution in [0.25, 0.3) is 27.3 Å². The summed E-state index contributed by atoms with van der Waals surface area (Å²) in [6.07, 6.45) is 2.02. The van der Waals surface area contributed by atoms with E-state index in [0.717, 1.165) is 11.4 Å².